The monoisotopic (exact) mass is 264 g/mol. The second-order valence-corrected chi connectivity index (χ2v) is 4.30. The SMILES string of the molecule is CNC(=O)CN(C)CC(=O)Nc1cccc(CN)c1. The van der Waals surface area contributed by atoms with Gasteiger partial charge in [0.05, 0.1) is 13.1 Å². The van der Waals surface area contributed by atoms with E-state index in [4.69, 9.17) is 5.73 Å². The van der Waals surface area contributed by atoms with Crippen molar-refractivity contribution in [3.05, 3.63) is 29.8 Å². The first-order valence-corrected chi connectivity index (χ1v) is 6.03. The number of hydrogen-bond acceptors (Lipinski definition) is 4. The molecule has 0 unspecified atom stereocenters. The highest BCUT2D eigenvalue weighted by Gasteiger charge is 2.09. The van der Waals surface area contributed by atoms with Crippen LogP contribution in [0.15, 0.2) is 24.3 Å². The predicted octanol–water partition coefficient (Wildman–Crippen LogP) is -0.238. The molecule has 0 saturated heterocycles. The fourth-order valence-electron chi connectivity index (χ4n) is 1.60. The summed E-state index contributed by atoms with van der Waals surface area (Å²) in [6, 6.07) is 7.37. The Morgan fingerprint density at radius 2 is 1.95 bits per heavy atom. The number of amides is 2. The minimum atomic E-state index is -0.166. The first-order valence-electron chi connectivity index (χ1n) is 6.03. The Kier molecular flexibility index (Phi) is 5.98. The lowest BCUT2D eigenvalue weighted by Gasteiger charge is -2.15. The van der Waals surface area contributed by atoms with Gasteiger partial charge in [0.25, 0.3) is 0 Å². The van der Waals surface area contributed by atoms with Crippen LogP contribution < -0.4 is 16.4 Å². The van der Waals surface area contributed by atoms with Gasteiger partial charge >= 0.3 is 0 Å². The smallest absolute Gasteiger partial charge is 0.238 e. The van der Waals surface area contributed by atoms with Crippen molar-refractivity contribution in [1.29, 1.82) is 0 Å². The van der Waals surface area contributed by atoms with Crippen molar-refractivity contribution >= 4 is 17.5 Å². The van der Waals surface area contributed by atoms with Gasteiger partial charge in [-0.25, -0.2) is 0 Å². The largest absolute Gasteiger partial charge is 0.358 e. The molecular formula is C13H20N4O2. The maximum Gasteiger partial charge on any atom is 0.238 e. The number of anilines is 1. The van der Waals surface area contributed by atoms with Crippen molar-refractivity contribution in [2.75, 3.05) is 32.5 Å². The van der Waals surface area contributed by atoms with Crippen LogP contribution in [-0.2, 0) is 16.1 Å². The Labute approximate surface area is 113 Å². The topological polar surface area (TPSA) is 87.5 Å². The minimum absolute atomic E-state index is 0.125. The molecule has 0 aliphatic rings. The molecule has 2 amide bonds. The third-order valence-corrected chi connectivity index (χ3v) is 2.55. The number of carbonyl (C=O) groups excluding carboxylic acids is 2. The quantitative estimate of drug-likeness (QED) is 0.662. The summed E-state index contributed by atoms with van der Waals surface area (Å²) in [5, 5.41) is 5.28. The lowest BCUT2D eigenvalue weighted by molar-refractivity contribution is -0.122. The highest BCUT2D eigenvalue weighted by Crippen LogP contribution is 2.09. The molecule has 19 heavy (non-hydrogen) atoms. The highest BCUT2D eigenvalue weighted by molar-refractivity contribution is 5.92. The molecule has 0 aliphatic heterocycles. The van der Waals surface area contributed by atoms with Gasteiger partial charge in [-0.05, 0) is 24.7 Å². The van der Waals surface area contributed by atoms with E-state index in [-0.39, 0.29) is 24.9 Å². The summed E-state index contributed by atoms with van der Waals surface area (Å²) in [5.41, 5.74) is 7.20. The molecule has 0 saturated carbocycles. The van der Waals surface area contributed by atoms with Gasteiger partial charge in [-0.15, -0.1) is 0 Å². The summed E-state index contributed by atoms with van der Waals surface area (Å²) >= 11 is 0. The molecule has 0 heterocycles. The number of likely N-dealkylation sites (N-methyl/N-ethyl adjacent to an activating group) is 2. The van der Waals surface area contributed by atoms with Crippen LogP contribution in [0.1, 0.15) is 5.56 Å². The molecule has 6 nitrogen and oxygen atoms in total. The Hall–Kier alpha value is -1.92. The molecule has 0 aromatic heterocycles. The van der Waals surface area contributed by atoms with E-state index in [9.17, 15) is 9.59 Å². The molecule has 104 valence electrons. The summed E-state index contributed by atoms with van der Waals surface area (Å²) in [6.45, 7) is 0.771. The molecule has 0 atom stereocenters. The van der Waals surface area contributed by atoms with Gasteiger partial charge < -0.3 is 16.4 Å². The van der Waals surface area contributed by atoms with Crippen LogP contribution in [0.4, 0.5) is 5.69 Å². The van der Waals surface area contributed by atoms with Crippen LogP contribution in [0.25, 0.3) is 0 Å². The van der Waals surface area contributed by atoms with E-state index >= 15 is 0 Å². The van der Waals surface area contributed by atoms with Crippen molar-refractivity contribution in [1.82, 2.24) is 10.2 Å². The number of nitrogens with one attached hydrogen (secondary N) is 2. The molecule has 6 heteroatoms. The van der Waals surface area contributed by atoms with Crippen LogP contribution in [0, 0.1) is 0 Å². The summed E-state index contributed by atoms with van der Waals surface area (Å²) in [5.74, 6) is -0.291. The second-order valence-electron chi connectivity index (χ2n) is 4.30. The van der Waals surface area contributed by atoms with Crippen LogP contribution in [0.5, 0.6) is 0 Å². The van der Waals surface area contributed by atoms with Crippen molar-refractivity contribution in [3.8, 4) is 0 Å². The molecule has 0 spiro atoms. The zero-order valence-corrected chi connectivity index (χ0v) is 11.3. The lowest BCUT2D eigenvalue weighted by atomic mass is 10.2. The number of hydrogen-bond donors (Lipinski definition) is 3. The highest BCUT2D eigenvalue weighted by atomic mass is 16.2. The minimum Gasteiger partial charge on any atom is -0.358 e. The van der Waals surface area contributed by atoms with Crippen LogP contribution >= 0.6 is 0 Å². The maximum atomic E-state index is 11.8. The second kappa shape index (κ2) is 7.50. The number of nitrogens with two attached hydrogens (primary N) is 1. The van der Waals surface area contributed by atoms with Crippen molar-refractivity contribution in [2.24, 2.45) is 5.73 Å². The third-order valence-electron chi connectivity index (χ3n) is 2.55. The van der Waals surface area contributed by atoms with Gasteiger partial charge in [-0.3, -0.25) is 14.5 Å². The van der Waals surface area contributed by atoms with Crippen molar-refractivity contribution < 1.29 is 9.59 Å². The van der Waals surface area contributed by atoms with E-state index in [0.717, 1.165) is 5.56 Å². The Bertz CT molecular complexity index is 448. The first kappa shape index (κ1) is 15.1. The fraction of sp³-hybridized carbons (Fsp3) is 0.385. The maximum absolute atomic E-state index is 11.8. The standard InChI is InChI=1S/C13H20N4O2/c1-15-12(18)8-17(2)9-13(19)16-11-5-3-4-10(6-11)7-14/h3-6H,7-9,14H2,1-2H3,(H,15,18)(H,16,19). The van der Waals surface area contributed by atoms with E-state index < -0.39 is 0 Å². The number of nitrogens with zero attached hydrogens (tertiary/aromatic N) is 1. The van der Waals surface area contributed by atoms with Crippen LogP contribution in [0.2, 0.25) is 0 Å². The van der Waals surface area contributed by atoms with Crippen molar-refractivity contribution in [2.45, 2.75) is 6.54 Å². The molecule has 0 radical (unpaired) electrons. The lowest BCUT2D eigenvalue weighted by Crippen LogP contribution is -2.37. The van der Waals surface area contributed by atoms with Gasteiger partial charge in [0, 0.05) is 19.3 Å². The molecule has 4 N–H and O–H groups in total. The summed E-state index contributed by atoms with van der Waals surface area (Å²) in [7, 11) is 3.28. The zero-order valence-electron chi connectivity index (χ0n) is 11.3. The van der Waals surface area contributed by atoms with E-state index in [2.05, 4.69) is 10.6 Å². The van der Waals surface area contributed by atoms with E-state index in [0.29, 0.717) is 12.2 Å². The number of rotatable bonds is 6. The van der Waals surface area contributed by atoms with Crippen LogP contribution in [-0.4, -0.2) is 43.9 Å². The molecule has 1 aromatic carbocycles. The molecular weight excluding hydrogens is 244 g/mol. The zero-order chi connectivity index (χ0) is 14.3. The summed E-state index contributed by atoms with van der Waals surface area (Å²) in [6.07, 6.45) is 0. The molecule has 0 fully saturated rings. The first-order chi connectivity index (χ1) is 9.05. The Balaban J connectivity index is 2.48. The van der Waals surface area contributed by atoms with E-state index in [1.807, 2.05) is 18.2 Å². The Morgan fingerprint density at radius 3 is 2.58 bits per heavy atom. The molecule has 0 bridgehead atoms. The number of benzene rings is 1. The van der Waals surface area contributed by atoms with Gasteiger partial charge in [-0.1, -0.05) is 12.1 Å². The summed E-state index contributed by atoms with van der Waals surface area (Å²) in [4.78, 5) is 24.6. The van der Waals surface area contributed by atoms with Crippen molar-refractivity contribution in [3.63, 3.8) is 0 Å². The predicted molar refractivity (Wildman–Crippen MR) is 74.5 cm³/mol. The van der Waals surface area contributed by atoms with Gasteiger partial charge in [0.15, 0.2) is 0 Å². The average Bonchev–Trinajstić information content (AvgIpc) is 2.38. The van der Waals surface area contributed by atoms with Crippen LogP contribution in [0.3, 0.4) is 0 Å². The van der Waals surface area contributed by atoms with Gasteiger partial charge in [-0.2, -0.15) is 0 Å². The molecule has 1 aromatic rings. The van der Waals surface area contributed by atoms with Gasteiger partial charge in [0.2, 0.25) is 11.8 Å². The van der Waals surface area contributed by atoms with E-state index in [1.165, 1.54) is 0 Å². The normalized spacial score (nSPS) is 10.3. The molecule has 0 aliphatic carbocycles. The fourth-order valence-corrected chi connectivity index (χ4v) is 1.60. The van der Waals surface area contributed by atoms with E-state index in [1.54, 1.807) is 25.1 Å². The Morgan fingerprint density at radius 1 is 1.26 bits per heavy atom. The average molecular weight is 264 g/mol. The number of carbonyl (C=O) groups is 2. The molecule has 1 rings (SSSR count). The van der Waals surface area contributed by atoms with Gasteiger partial charge in [0.1, 0.15) is 0 Å². The summed E-state index contributed by atoms with van der Waals surface area (Å²) < 4.78 is 0. The third kappa shape index (κ3) is 5.50.